The third-order valence-corrected chi connectivity index (χ3v) is 4.68. The molecule has 0 radical (unpaired) electrons. The first-order valence-electron chi connectivity index (χ1n) is 6.61. The molecule has 1 aromatic carbocycles. The molecule has 0 aromatic heterocycles. The van der Waals surface area contributed by atoms with Crippen LogP contribution in [0.15, 0.2) is 18.2 Å². The van der Waals surface area contributed by atoms with E-state index < -0.39 is 5.97 Å². The Hall–Kier alpha value is -1.36. The second-order valence-electron chi connectivity index (χ2n) is 4.84. The first kappa shape index (κ1) is 14.1. The number of nitrogen functional groups attached to an aromatic ring is 1. The van der Waals surface area contributed by atoms with Crippen LogP contribution in [-0.2, 0) is 0 Å². The normalized spacial score (nSPS) is 22.4. The molecule has 2 atom stereocenters. The molecule has 19 heavy (non-hydrogen) atoms. The quantitative estimate of drug-likeness (QED) is 0.723. The number of anilines is 2. The van der Waals surface area contributed by atoms with Gasteiger partial charge in [-0.3, -0.25) is 0 Å². The van der Waals surface area contributed by atoms with Gasteiger partial charge in [0.15, 0.2) is 0 Å². The van der Waals surface area contributed by atoms with Crippen LogP contribution in [0.1, 0.15) is 36.5 Å². The summed E-state index contributed by atoms with van der Waals surface area (Å²) in [6.07, 6.45) is 3.46. The number of hydrogen-bond acceptors (Lipinski definition) is 4. The maximum atomic E-state index is 11.0. The molecule has 0 heterocycles. The highest BCUT2D eigenvalue weighted by molar-refractivity contribution is 7.99. The highest BCUT2D eigenvalue weighted by atomic mass is 32.2. The van der Waals surface area contributed by atoms with Crippen LogP contribution in [0.5, 0.6) is 0 Å². The van der Waals surface area contributed by atoms with Crippen molar-refractivity contribution in [1.82, 2.24) is 0 Å². The van der Waals surface area contributed by atoms with Crippen molar-refractivity contribution in [3.63, 3.8) is 0 Å². The molecule has 1 aliphatic rings. The van der Waals surface area contributed by atoms with E-state index in [0.29, 0.717) is 17.0 Å². The van der Waals surface area contributed by atoms with Crippen molar-refractivity contribution in [2.24, 2.45) is 0 Å². The van der Waals surface area contributed by atoms with Gasteiger partial charge in [0.05, 0.1) is 16.9 Å². The van der Waals surface area contributed by atoms with Crippen LogP contribution in [-0.4, -0.2) is 28.1 Å². The Bertz CT molecular complexity index is 465. The smallest absolute Gasteiger partial charge is 0.335 e. The van der Waals surface area contributed by atoms with Gasteiger partial charge in [-0.1, -0.05) is 6.92 Å². The van der Waals surface area contributed by atoms with Crippen molar-refractivity contribution >= 4 is 29.1 Å². The fourth-order valence-electron chi connectivity index (χ4n) is 2.49. The topological polar surface area (TPSA) is 75.3 Å². The highest BCUT2D eigenvalue weighted by Crippen LogP contribution is 2.32. The summed E-state index contributed by atoms with van der Waals surface area (Å²) in [6, 6.07) is 5.21. The molecule has 4 nitrogen and oxygen atoms in total. The van der Waals surface area contributed by atoms with E-state index in [9.17, 15) is 4.79 Å². The Morgan fingerprint density at radius 1 is 1.53 bits per heavy atom. The molecule has 0 saturated heterocycles. The SMILES string of the molecule is CCSC1CCC(Nc2cc(C(=O)O)ccc2N)C1. The van der Waals surface area contributed by atoms with Gasteiger partial charge in [-0.25, -0.2) is 4.79 Å². The lowest BCUT2D eigenvalue weighted by molar-refractivity contribution is 0.0697. The summed E-state index contributed by atoms with van der Waals surface area (Å²) < 4.78 is 0. The average Bonchev–Trinajstić information content (AvgIpc) is 2.80. The van der Waals surface area contributed by atoms with Crippen molar-refractivity contribution < 1.29 is 9.90 Å². The number of aromatic carboxylic acids is 1. The molecule has 104 valence electrons. The van der Waals surface area contributed by atoms with Crippen LogP contribution < -0.4 is 11.1 Å². The average molecular weight is 280 g/mol. The summed E-state index contributed by atoms with van der Waals surface area (Å²) in [5.41, 5.74) is 7.52. The number of hydrogen-bond donors (Lipinski definition) is 3. The molecule has 0 aliphatic heterocycles. The number of rotatable bonds is 5. The predicted octanol–water partition coefficient (Wildman–Crippen LogP) is 3.05. The molecule has 2 rings (SSSR count). The van der Waals surface area contributed by atoms with Gasteiger partial charge in [-0.15, -0.1) is 0 Å². The third kappa shape index (κ3) is 3.56. The molecule has 4 N–H and O–H groups in total. The lowest BCUT2D eigenvalue weighted by Gasteiger charge is -2.16. The molecular formula is C14H20N2O2S. The molecular weight excluding hydrogens is 260 g/mol. The van der Waals surface area contributed by atoms with E-state index in [-0.39, 0.29) is 5.56 Å². The summed E-state index contributed by atoms with van der Waals surface area (Å²) in [4.78, 5) is 11.0. The number of carboxylic acids is 1. The molecule has 0 amide bonds. The molecule has 0 bridgehead atoms. The van der Waals surface area contributed by atoms with E-state index in [1.165, 1.54) is 12.5 Å². The minimum Gasteiger partial charge on any atom is -0.478 e. The second kappa shape index (κ2) is 6.19. The van der Waals surface area contributed by atoms with E-state index in [1.807, 2.05) is 11.8 Å². The molecule has 2 unspecified atom stereocenters. The van der Waals surface area contributed by atoms with E-state index in [1.54, 1.807) is 12.1 Å². The van der Waals surface area contributed by atoms with Crippen molar-refractivity contribution in [2.75, 3.05) is 16.8 Å². The number of carboxylic acid groups (broad SMARTS) is 1. The van der Waals surface area contributed by atoms with Gasteiger partial charge in [0.2, 0.25) is 0 Å². The summed E-state index contributed by atoms with van der Waals surface area (Å²) in [5, 5.41) is 13.1. The summed E-state index contributed by atoms with van der Waals surface area (Å²) in [5.74, 6) is 0.225. The van der Waals surface area contributed by atoms with E-state index >= 15 is 0 Å². The monoisotopic (exact) mass is 280 g/mol. The van der Waals surface area contributed by atoms with E-state index in [2.05, 4.69) is 12.2 Å². The predicted molar refractivity (Wildman–Crippen MR) is 81.0 cm³/mol. The molecule has 1 aromatic rings. The molecule has 1 fully saturated rings. The zero-order valence-corrected chi connectivity index (χ0v) is 11.9. The van der Waals surface area contributed by atoms with Gasteiger partial charge < -0.3 is 16.2 Å². The maximum absolute atomic E-state index is 11.0. The standard InChI is InChI=1S/C14H20N2O2S/c1-2-19-11-5-4-10(8-11)16-13-7-9(14(17)18)3-6-12(13)15/h3,6-7,10-11,16H,2,4-5,8,15H2,1H3,(H,17,18). The van der Waals surface area contributed by atoms with Crippen molar-refractivity contribution in [2.45, 2.75) is 37.5 Å². The minimum absolute atomic E-state index is 0.272. The Morgan fingerprint density at radius 3 is 3.00 bits per heavy atom. The maximum Gasteiger partial charge on any atom is 0.335 e. The van der Waals surface area contributed by atoms with Crippen LogP contribution in [0.25, 0.3) is 0 Å². The van der Waals surface area contributed by atoms with Crippen LogP contribution in [0, 0.1) is 0 Å². The number of benzene rings is 1. The van der Waals surface area contributed by atoms with Gasteiger partial charge in [0.25, 0.3) is 0 Å². The summed E-state index contributed by atoms with van der Waals surface area (Å²) >= 11 is 2.00. The molecule has 0 spiro atoms. The van der Waals surface area contributed by atoms with Crippen molar-refractivity contribution in [3.05, 3.63) is 23.8 Å². The first-order chi connectivity index (χ1) is 9.10. The lowest BCUT2D eigenvalue weighted by Crippen LogP contribution is -2.17. The van der Waals surface area contributed by atoms with Crippen LogP contribution in [0.2, 0.25) is 0 Å². The van der Waals surface area contributed by atoms with Crippen molar-refractivity contribution in [1.29, 1.82) is 0 Å². The van der Waals surface area contributed by atoms with Crippen LogP contribution in [0.3, 0.4) is 0 Å². The van der Waals surface area contributed by atoms with Crippen molar-refractivity contribution in [3.8, 4) is 0 Å². The molecule has 5 heteroatoms. The number of carbonyl (C=O) groups is 1. The summed E-state index contributed by atoms with van der Waals surface area (Å²) in [6.45, 7) is 2.18. The number of thioether (sulfide) groups is 1. The molecule has 1 aliphatic carbocycles. The van der Waals surface area contributed by atoms with Gasteiger partial charge >= 0.3 is 5.97 Å². The van der Waals surface area contributed by atoms with Gasteiger partial charge in [0, 0.05) is 11.3 Å². The Morgan fingerprint density at radius 2 is 2.32 bits per heavy atom. The number of nitrogens with one attached hydrogen (secondary N) is 1. The number of nitrogens with two attached hydrogens (primary N) is 1. The fourth-order valence-corrected chi connectivity index (χ4v) is 3.64. The lowest BCUT2D eigenvalue weighted by atomic mass is 10.1. The van der Waals surface area contributed by atoms with Crippen LogP contribution in [0.4, 0.5) is 11.4 Å². The summed E-state index contributed by atoms with van der Waals surface area (Å²) in [7, 11) is 0. The van der Waals surface area contributed by atoms with E-state index in [0.717, 1.165) is 24.3 Å². The van der Waals surface area contributed by atoms with Crippen LogP contribution >= 0.6 is 11.8 Å². The Balaban J connectivity index is 2.03. The Kier molecular flexibility index (Phi) is 4.58. The second-order valence-corrected chi connectivity index (χ2v) is 6.42. The van der Waals surface area contributed by atoms with Gasteiger partial charge in [-0.05, 0) is 43.2 Å². The highest BCUT2D eigenvalue weighted by Gasteiger charge is 2.24. The fraction of sp³-hybridized carbons (Fsp3) is 0.500. The van der Waals surface area contributed by atoms with E-state index in [4.69, 9.17) is 10.8 Å². The Labute approximate surface area is 117 Å². The van der Waals surface area contributed by atoms with Gasteiger partial charge in [-0.2, -0.15) is 11.8 Å². The largest absolute Gasteiger partial charge is 0.478 e. The zero-order valence-electron chi connectivity index (χ0n) is 11.1. The first-order valence-corrected chi connectivity index (χ1v) is 7.66. The zero-order chi connectivity index (χ0) is 13.8. The molecule has 1 saturated carbocycles. The third-order valence-electron chi connectivity index (χ3n) is 3.45. The minimum atomic E-state index is -0.922. The van der Waals surface area contributed by atoms with Gasteiger partial charge in [0.1, 0.15) is 0 Å².